The number of hydrogen-bond acceptors (Lipinski definition) is 2. The van der Waals surface area contributed by atoms with Crippen molar-refractivity contribution in [1.29, 1.82) is 0 Å². The lowest BCUT2D eigenvalue weighted by Crippen LogP contribution is -2.59. The molecule has 2 unspecified atom stereocenters. The molecule has 0 amide bonds. The van der Waals surface area contributed by atoms with Gasteiger partial charge in [0.15, 0.2) is 0 Å². The minimum Gasteiger partial charge on any atom is -0.490 e. The van der Waals surface area contributed by atoms with E-state index in [2.05, 4.69) is 32.0 Å². The van der Waals surface area contributed by atoms with Crippen molar-refractivity contribution in [3.05, 3.63) is 29.3 Å². The van der Waals surface area contributed by atoms with Gasteiger partial charge in [-0.25, -0.2) is 0 Å². The van der Waals surface area contributed by atoms with E-state index in [9.17, 15) is 5.11 Å². The Morgan fingerprint density at radius 3 is 2.63 bits per heavy atom. The Balaban J connectivity index is 1.75. The number of aryl methyl sites for hydroxylation is 2. The van der Waals surface area contributed by atoms with Gasteiger partial charge in [0.25, 0.3) is 0 Å². The molecule has 1 aromatic rings. The minimum atomic E-state index is -0.193. The molecule has 3 rings (SSSR count). The number of fused-ring (bicyclic) bond motifs is 1. The molecule has 0 spiro atoms. The van der Waals surface area contributed by atoms with Crippen molar-refractivity contribution in [2.75, 3.05) is 0 Å². The van der Waals surface area contributed by atoms with Gasteiger partial charge in [0, 0.05) is 11.8 Å². The fraction of sp³-hybridized carbons (Fsp3) is 0.647. The first kappa shape index (κ1) is 13.0. The van der Waals surface area contributed by atoms with Crippen molar-refractivity contribution in [2.45, 2.75) is 64.6 Å². The predicted octanol–water partition coefficient (Wildman–Crippen LogP) is 3.49. The van der Waals surface area contributed by atoms with E-state index in [1.807, 2.05) is 0 Å². The summed E-state index contributed by atoms with van der Waals surface area (Å²) in [7, 11) is 0. The molecule has 1 fully saturated rings. The summed E-state index contributed by atoms with van der Waals surface area (Å²) in [5, 5.41) is 10.1. The Kier molecular flexibility index (Phi) is 3.30. The molecule has 1 aromatic carbocycles. The van der Waals surface area contributed by atoms with E-state index in [1.165, 1.54) is 30.4 Å². The second-order valence-electron chi connectivity index (χ2n) is 6.08. The summed E-state index contributed by atoms with van der Waals surface area (Å²) < 4.78 is 6.18. The summed E-state index contributed by atoms with van der Waals surface area (Å²) in [4.78, 5) is 0. The van der Waals surface area contributed by atoms with Crippen LogP contribution in [-0.4, -0.2) is 17.3 Å². The maximum atomic E-state index is 10.1. The number of aliphatic hydroxyl groups excluding tert-OH is 1. The molecular formula is C17H24O2. The third-order valence-corrected chi connectivity index (χ3v) is 5.41. The zero-order chi connectivity index (χ0) is 13.5. The maximum absolute atomic E-state index is 10.1. The van der Waals surface area contributed by atoms with E-state index in [-0.39, 0.29) is 17.6 Å². The fourth-order valence-corrected chi connectivity index (χ4v) is 3.85. The van der Waals surface area contributed by atoms with Crippen molar-refractivity contribution in [3.63, 3.8) is 0 Å². The molecule has 2 heteroatoms. The highest BCUT2D eigenvalue weighted by molar-refractivity contribution is 5.38. The summed E-state index contributed by atoms with van der Waals surface area (Å²) in [6.07, 6.45) is 6.41. The van der Waals surface area contributed by atoms with Gasteiger partial charge in [-0.1, -0.05) is 19.9 Å². The van der Waals surface area contributed by atoms with Crippen LogP contribution in [-0.2, 0) is 12.8 Å². The molecule has 0 saturated heterocycles. The molecule has 0 heterocycles. The second kappa shape index (κ2) is 4.82. The number of rotatable bonds is 4. The Morgan fingerprint density at radius 1 is 1.21 bits per heavy atom. The molecular weight excluding hydrogens is 236 g/mol. The van der Waals surface area contributed by atoms with Gasteiger partial charge in [-0.15, -0.1) is 0 Å². The van der Waals surface area contributed by atoms with E-state index in [4.69, 9.17) is 4.74 Å². The van der Waals surface area contributed by atoms with Crippen molar-refractivity contribution >= 4 is 0 Å². The van der Waals surface area contributed by atoms with Crippen LogP contribution in [0, 0.1) is 5.41 Å². The zero-order valence-corrected chi connectivity index (χ0v) is 12.0. The zero-order valence-electron chi connectivity index (χ0n) is 12.0. The van der Waals surface area contributed by atoms with Gasteiger partial charge < -0.3 is 9.84 Å². The summed E-state index contributed by atoms with van der Waals surface area (Å²) in [5.41, 5.74) is 2.91. The van der Waals surface area contributed by atoms with Gasteiger partial charge in [0.1, 0.15) is 11.9 Å². The van der Waals surface area contributed by atoms with Crippen LogP contribution >= 0.6 is 0 Å². The standard InChI is InChI=1S/C17H24O2/c1-3-17(4-2)15(18)11-16(17)19-14-9-8-12-6-5-7-13(12)10-14/h8-10,15-16,18H,3-7,11H2,1-2H3. The Morgan fingerprint density at radius 2 is 1.95 bits per heavy atom. The van der Waals surface area contributed by atoms with E-state index >= 15 is 0 Å². The fourth-order valence-electron chi connectivity index (χ4n) is 3.85. The van der Waals surface area contributed by atoms with Crippen molar-refractivity contribution in [2.24, 2.45) is 5.41 Å². The first-order valence-corrected chi connectivity index (χ1v) is 7.66. The second-order valence-corrected chi connectivity index (χ2v) is 6.08. The average molecular weight is 260 g/mol. The number of aliphatic hydroxyl groups is 1. The van der Waals surface area contributed by atoms with E-state index in [1.54, 1.807) is 0 Å². The first-order chi connectivity index (χ1) is 9.19. The lowest BCUT2D eigenvalue weighted by Gasteiger charge is -2.52. The summed E-state index contributed by atoms with van der Waals surface area (Å²) >= 11 is 0. The third kappa shape index (κ3) is 1.97. The van der Waals surface area contributed by atoms with Crippen LogP contribution in [0.25, 0.3) is 0 Å². The van der Waals surface area contributed by atoms with Crippen LogP contribution in [0.5, 0.6) is 5.75 Å². The third-order valence-electron chi connectivity index (χ3n) is 5.41. The van der Waals surface area contributed by atoms with Crippen molar-refractivity contribution in [1.82, 2.24) is 0 Å². The van der Waals surface area contributed by atoms with E-state index in [0.29, 0.717) is 0 Å². The normalized spacial score (nSPS) is 27.7. The smallest absolute Gasteiger partial charge is 0.120 e. The number of ether oxygens (including phenoxy) is 1. The molecule has 2 nitrogen and oxygen atoms in total. The molecule has 2 aliphatic rings. The van der Waals surface area contributed by atoms with Crippen LogP contribution in [0.1, 0.15) is 50.7 Å². The Labute approximate surface area is 115 Å². The molecule has 1 N–H and O–H groups in total. The Bertz CT molecular complexity index is 462. The molecule has 1 saturated carbocycles. The number of hydrogen-bond donors (Lipinski definition) is 1. The van der Waals surface area contributed by atoms with Crippen LogP contribution in [0.3, 0.4) is 0 Å². The molecule has 0 aliphatic heterocycles. The molecule has 19 heavy (non-hydrogen) atoms. The molecule has 0 aromatic heterocycles. The lowest BCUT2D eigenvalue weighted by molar-refractivity contribution is -0.159. The molecule has 2 aliphatic carbocycles. The van der Waals surface area contributed by atoms with Gasteiger partial charge in [-0.2, -0.15) is 0 Å². The monoisotopic (exact) mass is 260 g/mol. The van der Waals surface area contributed by atoms with Gasteiger partial charge in [0.2, 0.25) is 0 Å². The highest BCUT2D eigenvalue weighted by atomic mass is 16.5. The molecule has 0 radical (unpaired) electrons. The van der Waals surface area contributed by atoms with E-state index < -0.39 is 0 Å². The van der Waals surface area contributed by atoms with Crippen molar-refractivity contribution in [3.8, 4) is 5.75 Å². The first-order valence-electron chi connectivity index (χ1n) is 7.66. The largest absolute Gasteiger partial charge is 0.490 e. The minimum absolute atomic E-state index is 0.0288. The van der Waals surface area contributed by atoms with Crippen molar-refractivity contribution < 1.29 is 9.84 Å². The van der Waals surface area contributed by atoms with Gasteiger partial charge in [0.05, 0.1) is 6.10 Å². The van der Waals surface area contributed by atoms with Crippen LogP contribution in [0.15, 0.2) is 18.2 Å². The maximum Gasteiger partial charge on any atom is 0.120 e. The summed E-state index contributed by atoms with van der Waals surface area (Å²) in [6.45, 7) is 4.32. The van der Waals surface area contributed by atoms with Crippen LogP contribution in [0.2, 0.25) is 0 Å². The highest BCUT2D eigenvalue weighted by Gasteiger charge is 2.53. The lowest BCUT2D eigenvalue weighted by atomic mass is 9.60. The molecule has 2 atom stereocenters. The molecule has 0 bridgehead atoms. The predicted molar refractivity (Wildman–Crippen MR) is 76.5 cm³/mol. The Hall–Kier alpha value is -1.02. The van der Waals surface area contributed by atoms with Crippen LogP contribution in [0.4, 0.5) is 0 Å². The van der Waals surface area contributed by atoms with Gasteiger partial charge in [-0.05, 0) is 55.4 Å². The quantitative estimate of drug-likeness (QED) is 0.898. The van der Waals surface area contributed by atoms with E-state index in [0.717, 1.165) is 25.0 Å². The summed E-state index contributed by atoms with van der Waals surface area (Å²) in [5.74, 6) is 0.990. The number of benzene rings is 1. The average Bonchev–Trinajstić information content (AvgIpc) is 2.87. The molecule has 104 valence electrons. The highest BCUT2D eigenvalue weighted by Crippen LogP contribution is 2.49. The summed E-state index contributed by atoms with van der Waals surface area (Å²) in [6, 6.07) is 6.53. The SMILES string of the molecule is CCC1(CC)C(O)CC1Oc1ccc2c(c1)CCC2. The topological polar surface area (TPSA) is 29.5 Å². The van der Waals surface area contributed by atoms with Gasteiger partial charge in [-0.3, -0.25) is 0 Å². The van der Waals surface area contributed by atoms with Crippen LogP contribution < -0.4 is 4.74 Å². The van der Waals surface area contributed by atoms with Gasteiger partial charge >= 0.3 is 0 Å².